The van der Waals surface area contributed by atoms with Crippen molar-refractivity contribution in [1.82, 2.24) is 33.8 Å². The number of rotatable bonds is 12. The van der Waals surface area contributed by atoms with Gasteiger partial charge in [0.1, 0.15) is 11.3 Å². The number of fused-ring (bicyclic) bond motifs is 2. The molecule has 14 heteroatoms. The molecular weight excluding hydrogens is 612 g/mol. The van der Waals surface area contributed by atoms with Gasteiger partial charge in [-0.05, 0) is 83.4 Å². The summed E-state index contributed by atoms with van der Waals surface area (Å²) in [5.41, 5.74) is 10.5. The summed E-state index contributed by atoms with van der Waals surface area (Å²) in [4.78, 5) is 48.9. The van der Waals surface area contributed by atoms with Crippen LogP contribution in [-0.4, -0.2) is 71.4 Å². The number of amides is 3. The van der Waals surface area contributed by atoms with Crippen molar-refractivity contribution in [3.05, 3.63) is 65.0 Å². The number of anilines is 2. The third-order valence-corrected chi connectivity index (χ3v) is 7.90. The third kappa shape index (κ3) is 7.27. The molecule has 0 atom stereocenters. The highest BCUT2D eigenvalue weighted by Gasteiger charge is 2.22. The number of primary amides is 1. The standard InChI is InChI=1S/C34H44N10O4/c1-8-44-27(18-21(2)40-44)30(46)39-32-37-24-19-22(29(35)45)14-15-25(24)42(32)16-9-10-17-43-26-13-11-12-23(28(26)38-31(43)36-6)20-41(7)33(47)48-34(3,4)5/h11-15,18-19H,8-10,16-17,20H2,1-7H3,(H2,35,45)(H,36,38)(H,37,39,46). The van der Waals surface area contributed by atoms with Crippen LogP contribution in [0.3, 0.4) is 0 Å². The minimum Gasteiger partial charge on any atom is -0.444 e. The lowest BCUT2D eigenvalue weighted by Crippen LogP contribution is -2.33. The van der Waals surface area contributed by atoms with Gasteiger partial charge in [0.25, 0.3) is 5.91 Å². The Morgan fingerprint density at radius 2 is 1.69 bits per heavy atom. The fourth-order valence-electron chi connectivity index (χ4n) is 5.69. The number of aromatic nitrogens is 6. The molecule has 4 N–H and O–H groups in total. The highest BCUT2D eigenvalue weighted by Crippen LogP contribution is 2.26. The Bertz CT molecular complexity index is 1980. The van der Waals surface area contributed by atoms with E-state index < -0.39 is 17.6 Å². The van der Waals surface area contributed by atoms with Crippen molar-refractivity contribution in [2.75, 3.05) is 24.7 Å². The van der Waals surface area contributed by atoms with Gasteiger partial charge in [-0.1, -0.05) is 12.1 Å². The molecule has 3 heterocycles. The van der Waals surface area contributed by atoms with Crippen LogP contribution < -0.4 is 16.4 Å². The van der Waals surface area contributed by atoms with Gasteiger partial charge in [0.15, 0.2) is 0 Å². The van der Waals surface area contributed by atoms with Gasteiger partial charge in [-0.15, -0.1) is 0 Å². The number of hydrogen-bond donors (Lipinski definition) is 3. The predicted octanol–water partition coefficient (Wildman–Crippen LogP) is 5.15. The van der Waals surface area contributed by atoms with E-state index in [1.54, 1.807) is 40.9 Å². The molecule has 5 aromatic rings. The number of benzene rings is 2. The van der Waals surface area contributed by atoms with Crippen molar-refractivity contribution in [2.24, 2.45) is 5.73 Å². The highest BCUT2D eigenvalue weighted by atomic mass is 16.6. The monoisotopic (exact) mass is 656 g/mol. The number of ether oxygens (including phenoxy) is 1. The van der Waals surface area contributed by atoms with Crippen molar-refractivity contribution in [3.63, 3.8) is 0 Å². The first-order valence-corrected chi connectivity index (χ1v) is 16.1. The van der Waals surface area contributed by atoms with Crippen LogP contribution >= 0.6 is 0 Å². The molecule has 5 rings (SSSR count). The highest BCUT2D eigenvalue weighted by molar-refractivity contribution is 6.03. The van der Waals surface area contributed by atoms with Crippen LogP contribution in [0, 0.1) is 6.92 Å². The number of unbranched alkanes of at least 4 members (excludes halogenated alkanes) is 1. The van der Waals surface area contributed by atoms with Crippen molar-refractivity contribution >= 4 is 51.9 Å². The van der Waals surface area contributed by atoms with Gasteiger partial charge in [0.05, 0.1) is 34.3 Å². The average Bonchev–Trinajstić information content (AvgIpc) is 3.70. The SMILES string of the molecule is CCn1nc(C)cc1C(=O)Nc1nc2cc(C(N)=O)ccc2n1CCCCn1c(NC)nc2c(CN(C)C(=O)OC(C)(C)C)cccc21. The van der Waals surface area contributed by atoms with Crippen LogP contribution in [0.4, 0.5) is 16.7 Å². The first kappa shape index (κ1) is 33.9. The number of nitrogens with one attached hydrogen (secondary N) is 2. The fourth-order valence-corrected chi connectivity index (χ4v) is 5.69. The molecule has 0 aliphatic rings. The summed E-state index contributed by atoms with van der Waals surface area (Å²) < 4.78 is 11.3. The Morgan fingerprint density at radius 3 is 2.33 bits per heavy atom. The van der Waals surface area contributed by atoms with Gasteiger partial charge in [-0.25, -0.2) is 14.8 Å². The third-order valence-electron chi connectivity index (χ3n) is 7.90. The number of carbonyl (C=O) groups excluding carboxylic acids is 3. The van der Waals surface area contributed by atoms with E-state index >= 15 is 0 Å². The topological polar surface area (TPSA) is 167 Å². The van der Waals surface area contributed by atoms with E-state index in [1.165, 1.54) is 0 Å². The van der Waals surface area contributed by atoms with Crippen molar-refractivity contribution in [1.29, 1.82) is 0 Å². The zero-order valence-electron chi connectivity index (χ0n) is 28.6. The molecule has 48 heavy (non-hydrogen) atoms. The zero-order valence-corrected chi connectivity index (χ0v) is 28.6. The first-order chi connectivity index (χ1) is 22.8. The second-order valence-electron chi connectivity index (χ2n) is 12.8. The summed E-state index contributed by atoms with van der Waals surface area (Å²) in [6.07, 6.45) is 1.14. The molecular formula is C34H44N10O4. The zero-order chi connectivity index (χ0) is 34.7. The Kier molecular flexibility index (Phi) is 9.73. The van der Waals surface area contributed by atoms with Gasteiger partial charge < -0.3 is 29.8 Å². The molecule has 0 unspecified atom stereocenters. The predicted molar refractivity (Wildman–Crippen MR) is 185 cm³/mol. The molecule has 0 saturated carbocycles. The first-order valence-electron chi connectivity index (χ1n) is 16.1. The van der Waals surface area contributed by atoms with Crippen LogP contribution in [0.2, 0.25) is 0 Å². The molecule has 0 bridgehead atoms. The number of nitrogens with zero attached hydrogens (tertiary/aromatic N) is 7. The number of para-hydroxylation sites is 1. The lowest BCUT2D eigenvalue weighted by Gasteiger charge is -2.24. The Morgan fingerprint density at radius 1 is 0.979 bits per heavy atom. The van der Waals surface area contributed by atoms with Crippen LogP contribution in [0.25, 0.3) is 22.1 Å². The van der Waals surface area contributed by atoms with Gasteiger partial charge in [-0.3, -0.25) is 19.6 Å². The summed E-state index contributed by atoms with van der Waals surface area (Å²) >= 11 is 0. The summed E-state index contributed by atoms with van der Waals surface area (Å²) in [7, 11) is 3.55. The van der Waals surface area contributed by atoms with Crippen LogP contribution in [-0.2, 0) is 30.9 Å². The molecule has 0 aliphatic carbocycles. The molecule has 2 aromatic carbocycles. The number of carbonyl (C=O) groups is 3. The maximum atomic E-state index is 13.3. The van der Waals surface area contributed by atoms with E-state index in [1.807, 2.05) is 64.4 Å². The molecule has 0 saturated heterocycles. The molecule has 0 radical (unpaired) electrons. The maximum Gasteiger partial charge on any atom is 0.410 e. The van der Waals surface area contributed by atoms with E-state index in [0.29, 0.717) is 48.9 Å². The van der Waals surface area contributed by atoms with E-state index in [0.717, 1.165) is 46.6 Å². The summed E-state index contributed by atoms with van der Waals surface area (Å²) in [5, 5.41) is 10.6. The van der Waals surface area contributed by atoms with E-state index in [4.69, 9.17) is 15.5 Å². The fraction of sp³-hybridized carbons (Fsp3) is 0.412. The minimum absolute atomic E-state index is 0.319. The van der Waals surface area contributed by atoms with Crippen molar-refractivity contribution in [2.45, 2.75) is 79.2 Å². The molecule has 0 aliphatic heterocycles. The molecule has 3 aromatic heterocycles. The van der Waals surface area contributed by atoms with Crippen LogP contribution in [0.1, 0.15) is 72.6 Å². The minimum atomic E-state index is -0.585. The number of aryl methyl sites for hydroxylation is 4. The Hall–Kier alpha value is -5.40. The smallest absolute Gasteiger partial charge is 0.410 e. The lowest BCUT2D eigenvalue weighted by molar-refractivity contribution is 0.0285. The van der Waals surface area contributed by atoms with Crippen LogP contribution in [0.5, 0.6) is 0 Å². The van der Waals surface area contributed by atoms with Gasteiger partial charge in [-0.2, -0.15) is 5.10 Å². The second-order valence-corrected chi connectivity index (χ2v) is 12.8. The molecule has 14 nitrogen and oxygen atoms in total. The summed E-state index contributed by atoms with van der Waals surface area (Å²) in [6.45, 7) is 11.4. The van der Waals surface area contributed by atoms with Crippen molar-refractivity contribution < 1.29 is 19.1 Å². The second kappa shape index (κ2) is 13.8. The quantitative estimate of drug-likeness (QED) is 0.155. The normalized spacial score (nSPS) is 11.6. The summed E-state index contributed by atoms with van der Waals surface area (Å²) in [5.74, 6) is 0.230. The van der Waals surface area contributed by atoms with Crippen LogP contribution in [0.15, 0.2) is 42.5 Å². The summed E-state index contributed by atoms with van der Waals surface area (Å²) in [6, 6.07) is 12.8. The van der Waals surface area contributed by atoms with E-state index in [2.05, 4.69) is 25.3 Å². The number of hydrogen-bond acceptors (Lipinski definition) is 8. The molecule has 0 spiro atoms. The average molecular weight is 657 g/mol. The lowest BCUT2D eigenvalue weighted by atomic mass is 10.1. The Balaban J connectivity index is 1.35. The largest absolute Gasteiger partial charge is 0.444 e. The maximum absolute atomic E-state index is 13.3. The van der Waals surface area contributed by atoms with Gasteiger partial charge >= 0.3 is 6.09 Å². The number of imidazole rings is 2. The Labute approximate surface area is 279 Å². The number of nitrogens with two attached hydrogens (primary N) is 1. The molecule has 3 amide bonds. The van der Waals surface area contributed by atoms with Gasteiger partial charge in [0, 0.05) is 39.3 Å². The molecule has 254 valence electrons. The van der Waals surface area contributed by atoms with E-state index in [9.17, 15) is 14.4 Å². The van der Waals surface area contributed by atoms with Crippen molar-refractivity contribution in [3.8, 4) is 0 Å². The van der Waals surface area contributed by atoms with Gasteiger partial charge in [0.2, 0.25) is 17.8 Å². The molecule has 0 fully saturated rings. The van der Waals surface area contributed by atoms with E-state index in [-0.39, 0.29) is 5.91 Å².